The maximum atomic E-state index is 11.3. The van der Waals surface area contributed by atoms with Crippen LogP contribution in [0.3, 0.4) is 0 Å². The fourth-order valence-electron chi connectivity index (χ4n) is 2.23. The van der Waals surface area contributed by atoms with E-state index in [1.807, 2.05) is 0 Å². The molecular formula is C16H10N2O4S. The maximum absolute atomic E-state index is 11.3. The van der Waals surface area contributed by atoms with E-state index in [1.165, 1.54) is 23.5 Å². The van der Waals surface area contributed by atoms with Crippen LogP contribution in [-0.2, 0) is 0 Å². The third-order valence-corrected chi connectivity index (χ3v) is 4.14. The summed E-state index contributed by atoms with van der Waals surface area (Å²) in [4.78, 5) is 26.4. The minimum absolute atomic E-state index is 0.0316. The Kier molecular flexibility index (Phi) is 3.86. The summed E-state index contributed by atoms with van der Waals surface area (Å²) in [5, 5.41) is 22.6. The quantitative estimate of drug-likeness (QED) is 0.576. The van der Waals surface area contributed by atoms with E-state index in [0.29, 0.717) is 21.8 Å². The van der Waals surface area contributed by atoms with E-state index < -0.39 is 10.9 Å². The number of nitro benzene ring substituents is 1. The summed E-state index contributed by atoms with van der Waals surface area (Å²) in [6.07, 6.45) is 0. The molecule has 0 atom stereocenters. The number of nitro groups is 1. The smallest absolute Gasteiger partial charge is 0.336 e. The van der Waals surface area contributed by atoms with Gasteiger partial charge in [-0.1, -0.05) is 30.3 Å². The van der Waals surface area contributed by atoms with Gasteiger partial charge < -0.3 is 5.11 Å². The zero-order chi connectivity index (χ0) is 16.4. The van der Waals surface area contributed by atoms with E-state index in [9.17, 15) is 20.0 Å². The van der Waals surface area contributed by atoms with Gasteiger partial charge in [-0.25, -0.2) is 9.78 Å². The maximum Gasteiger partial charge on any atom is 0.336 e. The number of hydrogen-bond donors (Lipinski definition) is 1. The molecule has 0 aliphatic carbocycles. The molecule has 0 aliphatic heterocycles. The van der Waals surface area contributed by atoms with Crippen LogP contribution in [0.5, 0.6) is 0 Å². The summed E-state index contributed by atoms with van der Waals surface area (Å²) >= 11 is 1.25. The van der Waals surface area contributed by atoms with Crippen LogP contribution in [0.2, 0.25) is 0 Å². The molecule has 1 N–H and O–H groups in total. The fourth-order valence-corrected chi connectivity index (χ4v) is 3.09. The van der Waals surface area contributed by atoms with Crippen LogP contribution in [0, 0.1) is 10.1 Å². The number of carbonyl (C=O) groups is 1. The SMILES string of the molecule is O=C(O)c1ccccc1-c1nc(-c2ccccc2[N+](=O)[O-])cs1. The minimum Gasteiger partial charge on any atom is -0.478 e. The van der Waals surface area contributed by atoms with E-state index >= 15 is 0 Å². The number of thiazole rings is 1. The summed E-state index contributed by atoms with van der Waals surface area (Å²) in [5.74, 6) is -1.04. The van der Waals surface area contributed by atoms with Crippen molar-refractivity contribution in [2.75, 3.05) is 0 Å². The molecule has 0 unspecified atom stereocenters. The first-order valence-corrected chi connectivity index (χ1v) is 7.48. The molecule has 23 heavy (non-hydrogen) atoms. The van der Waals surface area contributed by atoms with E-state index in [0.717, 1.165) is 0 Å². The van der Waals surface area contributed by atoms with Gasteiger partial charge in [0.2, 0.25) is 0 Å². The first-order valence-electron chi connectivity index (χ1n) is 6.60. The largest absolute Gasteiger partial charge is 0.478 e. The lowest BCUT2D eigenvalue weighted by Gasteiger charge is -2.02. The summed E-state index contributed by atoms with van der Waals surface area (Å²) < 4.78 is 0. The summed E-state index contributed by atoms with van der Waals surface area (Å²) in [6.45, 7) is 0. The number of carboxylic acids is 1. The average molecular weight is 326 g/mol. The van der Waals surface area contributed by atoms with E-state index in [1.54, 1.807) is 41.8 Å². The summed E-state index contributed by atoms with van der Waals surface area (Å²) in [5.41, 5.74) is 1.48. The Balaban J connectivity index is 2.09. The summed E-state index contributed by atoms with van der Waals surface area (Å²) in [6, 6.07) is 12.9. The molecule has 0 radical (unpaired) electrons. The van der Waals surface area contributed by atoms with Gasteiger partial charge in [0.1, 0.15) is 5.01 Å². The van der Waals surface area contributed by atoms with Crippen molar-refractivity contribution in [3.05, 3.63) is 69.6 Å². The molecule has 0 bridgehead atoms. The molecule has 3 rings (SSSR count). The highest BCUT2D eigenvalue weighted by molar-refractivity contribution is 7.13. The van der Waals surface area contributed by atoms with Crippen LogP contribution in [-0.4, -0.2) is 21.0 Å². The van der Waals surface area contributed by atoms with Crippen LogP contribution in [0.4, 0.5) is 5.69 Å². The molecule has 3 aromatic rings. The highest BCUT2D eigenvalue weighted by Gasteiger charge is 2.19. The second kappa shape index (κ2) is 5.98. The lowest BCUT2D eigenvalue weighted by Crippen LogP contribution is -1.98. The molecule has 1 aromatic heterocycles. The van der Waals surface area contributed by atoms with Crippen molar-refractivity contribution < 1.29 is 14.8 Å². The lowest BCUT2D eigenvalue weighted by molar-refractivity contribution is -0.384. The predicted molar refractivity (Wildman–Crippen MR) is 86.6 cm³/mol. The average Bonchev–Trinajstić information content (AvgIpc) is 3.04. The summed E-state index contributed by atoms with van der Waals surface area (Å²) in [7, 11) is 0. The third-order valence-electron chi connectivity index (χ3n) is 3.27. The fraction of sp³-hybridized carbons (Fsp3) is 0. The Morgan fingerprint density at radius 2 is 1.74 bits per heavy atom. The Labute approximate surface area is 134 Å². The Morgan fingerprint density at radius 3 is 2.43 bits per heavy atom. The molecule has 2 aromatic carbocycles. The van der Waals surface area contributed by atoms with Gasteiger partial charge in [-0.05, 0) is 12.1 Å². The number of benzene rings is 2. The normalized spacial score (nSPS) is 10.4. The van der Waals surface area contributed by atoms with Gasteiger partial charge >= 0.3 is 5.97 Å². The predicted octanol–water partition coefficient (Wildman–Crippen LogP) is 4.08. The minimum atomic E-state index is -1.04. The standard InChI is InChI=1S/C16H10N2O4S/c19-16(20)11-6-2-1-5-10(11)15-17-13(9-23-15)12-7-3-4-8-14(12)18(21)22/h1-9H,(H,19,20). The highest BCUT2D eigenvalue weighted by Crippen LogP contribution is 2.34. The van der Waals surface area contributed by atoms with Gasteiger partial charge in [0, 0.05) is 17.0 Å². The number of aromatic carboxylic acids is 1. The number of hydrogen-bond acceptors (Lipinski definition) is 5. The zero-order valence-electron chi connectivity index (χ0n) is 11.7. The van der Waals surface area contributed by atoms with Gasteiger partial charge in [-0.3, -0.25) is 10.1 Å². The van der Waals surface area contributed by atoms with Crippen LogP contribution in [0.25, 0.3) is 21.8 Å². The van der Waals surface area contributed by atoms with Crippen LogP contribution < -0.4 is 0 Å². The van der Waals surface area contributed by atoms with Crippen molar-refractivity contribution in [3.63, 3.8) is 0 Å². The zero-order valence-corrected chi connectivity index (χ0v) is 12.5. The first kappa shape index (κ1) is 14.9. The van der Waals surface area contributed by atoms with Gasteiger partial charge in [0.05, 0.1) is 21.7 Å². The van der Waals surface area contributed by atoms with Crippen molar-refractivity contribution in [1.29, 1.82) is 0 Å². The molecule has 6 nitrogen and oxygen atoms in total. The molecule has 0 fully saturated rings. The Hall–Kier alpha value is -3.06. The molecule has 0 aliphatic rings. The first-order chi connectivity index (χ1) is 11.1. The molecule has 0 saturated heterocycles. The van der Waals surface area contributed by atoms with Crippen LogP contribution in [0.15, 0.2) is 53.9 Å². The Morgan fingerprint density at radius 1 is 1.09 bits per heavy atom. The van der Waals surface area contributed by atoms with Crippen LogP contribution in [0.1, 0.15) is 10.4 Å². The van der Waals surface area contributed by atoms with Crippen molar-refractivity contribution in [1.82, 2.24) is 4.98 Å². The van der Waals surface area contributed by atoms with Gasteiger partial charge in [0.25, 0.3) is 5.69 Å². The number of para-hydroxylation sites is 1. The van der Waals surface area contributed by atoms with Gasteiger partial charge in [-0.2, -0.15) is 0 Å². The molecule has 0 amide bonds. The lowest BCUT2D eigenvalue weighted by atomic mass is 10.1. The third kappa shape index (κ3) is 2.82. The topological polar surface area (TPSA) is 93.3 Å². The number of nitrogens with zero attached hydrogens (tertiary/aromatic N) is 2. The number of carboxylic acid groups (broad SMARTS) is 1. The molecule has 0 saturated carbocycles. The number of rotatable bonds is 4. The molecule has 0 spiro atoms. The molecular weight excluding hydrogens is 316 g/mol. The van der Waals surface area contributed by atoms with Crippen molar-refractivity contribution in [2.45, 2.75) is 0 Å². The highest BCUT2D eigenvalue weighted by atomic mass is 32.1. The van der Waals surface area contributed by atoms with Crippen molar-refractivity contribution >= 4 is 23.0 Å². The van der Waals surface area contributed by atoms with E-state index in [-0.39, 0.29) is 11.3 Å². The van der Waals surface area contributed by atoms with Gasteiger partial charge in [0.15, 0.2) is 0 Å². The monoisotopic (exact) mass is 326 g/mol. The Bertz CT molecular complexity index is 832. The van der Waals surface area contributed by atoms with Crippen molar-refractivity contribution in [2.24, 2.45) is 0 Å². The van der Waals surface area contributed by atoms with E-state index in [4.69, 9.17) is 0 Å². The molecule has 1 heterocycles. The second-order valence-electron chi connectivity index (χ2n) is 4.66. The number of aromatic nitrogens is 1. The van der Waals surface area contributed by atoms with E-state index in [2.05, 4.69) is 4.98 Å². The van der Waals surface area contributed by atoms with Gasteiger partial charge in [-0.15, -0.1) is 11.3 Å². The molecule has 7 heteroatoms. The van der Waals surface area contributed by atoms with Crippen molar-refractivity contribution in [3.8, 4) is 21.8 Å². The van der Waals surface area contributed by atoms with Crippen LogP contribution >= 0.6 is 11.3 Å². The molecule has 114 valence electrons. The second-order valence-corrected chi connectivity index (χ2v) is 5.52.